The van der Waals surface area contributed by atoms with Gasteiger partial charge < -0.3 is 20.4 Å². The van der Waals surface area contributed by atoms with E-state index in [1.165, 1.54) is 0 Å². The summed E-state index contributed by atoms with van der Waals surface area (Å²) in [7, 11) is -3.71. The highest BCUT2D eigenvalue weighted by Crippen LogP contribution is 2.49. The molecule has 2 amide bonds. The molecule has 1 aromatic carbocycles. The summed E-state index contributed by atoms with van der Waals surface area (Å²) in [5.41, 5.74) is 0.213. The zero-order valence-electron chi connectivity index (χ0n) is 16.8. The highest BCUT2D eigenvalue weighted by molar-refractivity contribution is 7.89. The summed E-state index contributed by atoms with van der Waals surface area (Å²) in [6.45, 7) is 0.637. The molecule has 31 heavy (non-hydrogen) atoms. The van der Waals surface area contributed by atoms with Crippen molar-refractivity contribution in [2.24, 2.45) is 5.92 Å². The number of aromatic amines is 1. The van der Waals surface area contributed by atoms with E-state index in [9.17, 15) is 18.0 Å². The highest BCUT2D eigenvalue weighted by atomic mass is 32.2. The van der Waals surface area contributed by atoms with Crippen molar-refractivity contribution in [2.45, 2.75) is 67.3 Å². The van der Waals surface area contributed by atoms with Crippen LogP contribution in [0.4, 0.5) is 4.79 Å². The van der Waals surface area contributed by atoms with Gasteiger partial charge in [0.25, 0.3) is 0 Å². The van der Waals surface area contributed by atoms with Gasteiger partial charge in [-0.15, -0.1) is 0 Å². The van der Waals surface area contributed by atoms with Crippen LogP contribution in [0.25, 0.3) is 10.2 Å². The Morgan fingerprint density at radius 1 is 1.13 bits per heavy atom. The van der Waals surface area contributed by atoms with Crippen molar-refractivity contribution in [3.8, 4) is 0 Å². The molecule has 0 aliphatic carbocycles. The number of piperidine rings is 1. The normalized spacial score (nSPS) is 35.7. The van der Waals surface area contributed by atoms with E-state index >= 15 is 0 Å². The molecule has 11 heteroatoms. The lowest BCUT2D eigenvalue weighted by Crippen LogP contribution is -2.73. The van der Waals surface area contributed by atoms with Crippen LogP contribution in [0.2, 0.25) is 0 Å². The number of thiazole rings is 1. The number of carbonyl (C=O) groups is 1. The SMILES string of the molecule is O=C1N[C@H]2OCCC[C@H]2C2(C[C@H]3CC[C@@H](C2)N3S(=O)(=O)c2ccc3[nH]c(=O)sc3c2)N1. The molecule has 2 bridgehead atoms. The van der Waals surface area contributed by atoms with Crippen LogP contribution >= 0.6 is 11.3 Å². The number of carbonyl (C=O) groups excluding carboxylic acids is 1. The van der Waals surface area contributed by atoms with Crippen molar-refractivity contribution in [2.75, 3.05) is 6.61 Å². The van der Waals surface area contributed by atoms with Crippen molar-refractivity contribution in [1.29, 1.82) is 0 Å². The average molecular weight is 465 g/mol. The average Bonchev–Trinajstić information content (AvgIpc) is 3.24. The second-order valence-corrected chi connectivity index (χ2v) is 12.0. The van der Waals surface area contributed by atoms with Crippen LogP contribution in [0.15, 0.2) is 27.9 Å². The molecule has 166 valence electrons. The third-order valence-corrected chi connectivity index (χ3v) is 10.2. The van der Waals surface area contributed by atoms with Gasteiger partial charge in [-0.1, -0.05) is 11.3 Å². The molecule has 5 heterocycles. The first-order chi connectivity index (χ1) is 14.9. The van der Waals surface area contributed by atoms with E-state index in [-0.39, 0.29) is 40.0 Å². The fourth-order valence-corrected chi connectivity index (χ4v) is 8.97. The fourth-order valence-electron chi connectivity index (χ4n) is 6.22. The van der Waals surface area contributed by atoms with Gasteiger partial charge in [0.1, 0.15) is 6.23 Å². The zero-order chi connectivity index (χ0) is 21.4. The monoisotopic (exact) mass is 464 g/mol. The minimum Gasteiger partial charge on any atom is -0.358 e. The Labute approximate surface area is 183 Å². The van der Waals surface area contributed by atoms with Crippen molar-refractivity contribution >= 4 is 37.6 Å². The molecule has 3 N–H and O–H groups in total. The number of ether oxygens (including phenoxy) is 1. The fraction of sp³-hybridized carbons (Fsp3) is 0.600. The lowest BCUT2D eigenvalue weighted by atomic mass is 9.69. The second kappa shape index (κ2) is 6.77. The molecule has 1 unspecified atom stereocenters. The smallest absolute Gasteiger partial charge is 0.317 e. The van der Waals surface area contributed by atoms with Gasteiger partial charge in [-0.05, 0) is 56.7 Å². The molecule has 1 aromatic heterocycles. The van der Waals surface area contributed by atoms with Crippen LogP contribution in [-0.4, -0.2) is 54.2 Å². The molecule has 4 saturated heterocycles. The van der Waals surface area contributed by atoms with Crippen LogP contribution in [0.3, 0.4) is 0 Å². The summed E-state index contributed by atoms with van der Waals surface area (Å²) in [6, 6.07) is 4.27. The molecule has 9 nitrogen and oxygen atoms in total. The van der Waals surface area contributed by atoms with Crippen LogP contribution in [0, 0.1) is 5.92 Å². The van der Waals surface area contributed by atoms with Gasteiger partial charge in [0.05, 0.1) is 20.7 Å². The van der Waals surface area contributed by atoms with E-state index in [0.717, 1.165) is 37.0 Å². The Bertz CT molecular complexity index is 1210. The number of fused-ring (bicyclic) bond motifs is 5. The van der Waals surface area contributed by atoms with Gasteiger partial charge in [-0.2, -0.15) is 4.31 Å². The number of hydrogen-bond donors (Lipinski definition) is 3. The minimum atomic E-state index is -3.71. The van der Waals surface area contributed by atoms with Crippen molar-refractivity contribution in [3.05, 3.63) is 27.9 Å². The predicted molar refractivity (Wildman–Crippen MR) is 114 cm³/mol. The number of rotatable bonds is 2. The summed E-state index contributed by atoms with van der Waals surface area (Å²) in [5.74, 6) is 0.139. The summed E-state index contributed by atoms with van der Waals surface area (Å²) in [4.78, 5) is 26.8. The Balaban J connectivity index is 1.34. The van der Waals surface area contributed by atoms with Gasteiger partial charge in [-0.3, -0.25) is 4.79 Å². The number of amides is 2. The zero-order valence-corrected chi connectivity index (χ0v) is 18.4. The predicted octanol–water partition coefficient (Wildman–Crippen LogP) is 1.71. The Hall–Kier alpha value is -1.95. The minimum absolute atomic E-state index is 0.139. The number of nitrogens with zero attached hydrogens (tertiary/aromatic N) is 1. The molecule has 5 atom stereocenters. The molecule has 1 spiro atoms. The topological polar surface area (TPSA) is 121 Å². The molecule has 4 aliphatic rings. The van der Waals surface area contributed by atoms with E-state index < -0.39 is 15.6 Å². The Morgan fingerprint density at radius 3 is 2.68 bits per heavy atom. The summed E-state index contributed by atoms with van der Waals surface area (Å²) >= 11 is 1.01. The lowest BCUT2D eigenvalue weighted by molar-refractivity contribution is -0.0967. The third kappa shape index (κ3) is 2.97. The lowest BCUT2D eigenvalue weighted by Gasteiger charge is -2.55. The van der Waals surface area contributed by atoms with E-state index in [1.54, 1.807) is 22.5 Å². The first kappa shape index (κ1) is 19.7. The van der Waals surface area contributed by atoms with Crippen LogP contribution in [0.5, 0.6) is 0 Å². The molecule has 0 radical (unpaired) electrons. The maximum Gasteiger partial charge on any atom is 0.317 e. The molecule has 4 aliphatic heterocycles. The second-order valence-electron chi connectivity index (χ2n) is 9.10. The summed E-state index contributed by atoms with van der Waals surface area (Å²) in [6.07, 6.45) is 4.36. The highest BCUT2D eigenvalue weighted by Gasteiger charge is 2.59. The van der Waals surface area contributed by atoms with Crippen molar-refractivity contribution in [3.63, 3.8) is 0 Å². The van der Waals surface area contributed by atoms with Crippen LogP contribution in [0.1, 0.15) is 38.5 Å². The van der Waals surface area contributed by atoms with Crippen molar-refractivity contribution < 1.29 is 17.9 Å². The van der Waals surface area contributed by atoms with Gasteiger partial charge in [-0.25, -0.2) is 13.2 Å². The van der Waals surface area contributed by atoms with Gasteiger partial charge >= 0.3 is 10.9 Å². The van der Waals surface area contributed by atoms with E-state index in [0.29, 0.717) is 29.7 Å². The third-order valence-electron chi connectivity index (χ3n) is 7.39. The molecular formula is C20H24N4O5S2. The van der Waals surface area contributed by atoms with Gasteiger partial charge in [0.2, 0.25) is 10.0 Å². The number of benzene rings is 1. The maximum atomic E-state index is 13.6. The first-order valence-corrected chi connectivity index (χ1v) is 13.0. The standard InChI is InChI=1S/C20H24N4O5S2/c25-18-22-17-14(2-1-7-29-17)20(23-18)9-11-3-4-12(10-20)24(11)31(27,28)13-5-6-15-16(8-13)30-19(26)21-15/h5-6,8,11-12,14,17H,1-4,7,9-10H2,(H,21,26)(H2,22,23,25)/t11-,12+,14-,17+,20?/m1/s1. The summed E-state index contributed by atoms with van der Waals surface area (Å²) < 4.78 is 35.4. The van der Waals surface area contributed by atoms with E-state index in [4.69, 9.17) is 4.74 Å². The Morgan fingerprint density at radius 2 is 1.90 bits per heavy atom. The molecule has 0 saturated carbocycles. The Kier molecular flexibility index (Phi) is 4.31. The molecule has 4 fully saturated rings. The van der Waals surface area contributed by atoms with Gasteiger partial charge in [0, 0.05) is 24.6 Å². The number of hydrogen-bond acceptors (Lipinski definition) is 6. The number of aromatic nitrogens is 1. The largest absolute Gasteiger partial charge is 0.358 e. The molecule has 2 aromatic rings. The van der Waals surface area contributed by atoms with Crippen LogP contribution in [-0.2, 0) is 14.8 Å². The quantitative estimate of drug-likeness (QED) is 0.625. The molecule has 6 rings (SSSR count). The summed E-state index contributed by atoms with van der Waals surface area (Å²) in [5, 5.41) is 6.08. The number of urea groups is 1. The van der Waals surface area contributed by atoms with Crippen molar-refractivity contribution in [1.82, 2.24) is 19.9 Å². The number of nitrogens with one attached hydrogen (secondary N) is 3. The van der Waals surface area contributed by atoms with E-state index in [2.05, 4.69) is 15.6 Å². The van der Waals surface area contributed by atoms with Crippen LogP contribution < -0.4 is 15.5 Å². The van der Waals surface area contributed by atoms with Gasteiger partial charge in [0.15, 0.2) is 0 Å². The first-order valence-electron chi connectivity index (χ1n) is 10.7. The maximum absolute atomic E-state index is 13.6. The number of H-pyrrole nitrogens is 1. The molecular weight excluding hydrogens is 440 g/mol. The number of sulfonamides is 1. The van der Waals surface area contributed by atoms with E-state index in [1.807, 2.05) is 0 Å².